The summed E-state index contributed by atoms with van der Waals surface area (Å²) in [6, 6.07) is 0. The molecule has 1 unspecified atom stereocenters. The van der Waals surface area contributed by atoms with Gasteiger partial charge in [0.25, 0.3) is 0 Å². The number of hydrogen-bond donors (Lipinski definition) is 2. The lowest BCUT2D eigenvalue weighted by atomic mass is 10.1. The molecule has 1 amide bonds. The molecular formula is C19H37IN4O3. The number of nitrogens with zero attached hydrogens (tertiary/aromatic N) is 2. The summed E-state index contributed by atoms with van der Waals surface area (Å²) in [5, 5.41) is 6.63. The van der Waals surface area contributed by atoms with Gasteiger partial charge < -0.3 is 25.0 Å². The van der Waals surface area contributed by atoms with Gasteiger partial charge in [-0.25, -0.2) is 4.99 Å². The van der Waals surface area contributed by atoms with E-state index >= 15 is 0 Å². The first-order valence-corrected chi connectivity index (χ1v) is 10.1. The zero-order chi connectivity index (χ0) is 18.6. The molecule has 2 fully saturated rings. The minimum Gasteiger partial charge on any atom is -0.381 e. The number of likely N-dealkylation sites (N-methyl/N-ethyl adjacent to an activating group) is 1. The van der Waals surface area contributed by atoms with Crippen molar-refractivity contribution in [2.24, 2.45) is 10.9 Å². The number of guanidine groups is 1. The van der Waals surface area contributed by atoms with E-state index in [2.05, 4.69) is 15.6 Å². The number of amides is 1. The maximum Gasteiger partial charge on any atom is 0.243 e. The van der Waals surface area contributed by atoms with Crippen molar-refractivity contribution >= 4 is 35.8 Å². The summed E-state index contributed by atoms with van der Waals surface area (Å²) in [6.07, 6.45) is 9.06. The molecule has 0 aromatic rings. The van der Waals surface area contributed by atoms with Crippen LogP contribution in [-0.4, -0.2) is 76.4 Å². The summed E-state index contributed by atoms with van der Waals surface area (Å²) in [7, 11) is 3.49. The Balaban J connectivity index is 0.00000364. The third-order valence-corrected chi connectivity index (χ3v) is 5.00. The van der Waals surface area contributed by atoms with Crippen molar-refractivity contribution in [2.45, 2.75) is 51.0 Å². The number of carbonyl (C=O) groups is 1. The maximum absolute atomic E-state index is 11.8. The maximum atomic E-state index is 11.8. The van der Waals surface area contributed by atoms with Crippen LogP contribution in [0.5, 0.6) is 0 Å². The summed E-state index contributed by atoms with van der Waals surface area (Å²) in [5.41, 5.74) is 0. The van der Waals surface area contributed by atoms with Crippen molar-refractivity contribution in [1.29, 1.82) is 0 Å². The first kappa shape index (κ1) is 24.4. The number of ether oxygens (including phenoxy) is 2. The first-order chi connectivity index (χ1) is 12.6. The van der Waals surface area contributed by atoms with E-state index in [-0.39, 0.29) is 36.4 Å². The molecule has 1 saturated heterocycles. The van der Waals surface area contributed by atoms with Gasteiger partial charge in [0.2, 0.25) is 5.91 Å². The molecular weight excluding hydrogens is 459 g/mol. The Morgan fingerprint density at radius 1 is 1.15 bits per heavy atom. The monoisotopic (exact) mass is 496 g/mol. The molecule has 2 rings (SSSR count). The van der Waals surface area contributed by atoms with E-state index in [0.29, 0.717) is 31.1 Å². The van der Waals surface area contributed by atoms with E-state index < -0.39 is 0 Å². The number of aliphatic imine (C=N–C) groups is 1. The number of nitrogens with one attached hydrogen (secondary N) is 2. The Labute approximate surface area is 181 Å². The second kappa shape index (κ2) is 14.4. The van der Waals surface area contributed by atoms with Crippen molar-refractivity contribution in [1.82, 2.24) is 15.5 Å². The van der Waals surface area contributed by atoms with Crippen LogP contribution in [0.4, 0.5) is 0 Å². The predicted molar refractivity (Wildman–Crippen MR) is 119 cm³/mol. The minimum atomic E-state index is -0.00925. The van der Waals surface area contributed by atoms with E-state index in [1.807, 2.05) is 0 Å². The van der Waals surface area contributed by atoms with Crippen molar-refractivity contribution in [3.8, 4) is 0 Å². The molecule has 0 radical (unpaired) electrons. The Morgan fingerprint density at radius 2 is 1.89 bits per heavy atom. The highest BCUT2D eigenvalue weighted by Crippen LogP contribution is 2.19. The quantitative estimate of drug-likeness (QED) is 0.177. The lowest BCUT2D eigenvalue weighted by Crippen LogP contribution is -2.42. The van der Waals surface area contributed by atoms with Crippen LogP contribution in [0.25, 0.3) is 0 Å². The van der Waals surface area contributed by atoms with Crippen LogP contribution in [0.3, 0.4) is 0 Å². The third-order valence-electron chi connectivity index (χ3n) is 5.00. The number of rotatable bonds is 8. The molecule has 7 nitrogen and oxygen atoms in total. The predicted octanol–water partition coefficient (Wildman–Crippen LogP) is 2.00. The normalized spacial score (nSPS) is 21.3. The number of hydrogen-bond acceptors (Lipinski definition) is 4. The van der Waals surface area contributed by atoms with Crippen LogP contribution in [0.2, 0.25) is 0 Å². The fourth-order valence-corrected chi connectivity index (χ4v) is 3.25. The largest absolute Gasteiger partial charge is 0.381 e. The van der Waals surface area contributed by atoms with E-state index in [1.165, 1.54) is 38.5 Å². The first-order valence-electron chi connectivity index (χ1n) is 10.1. The molecule has 0 spiro atoms. The third kappa shape index (κ3) is 10.5. The molecule has 1 saturated carbocycles. The molecule has 27 heavy (non-hydrogen) atoms. The molecule has 8 heteroatoms. The summed E-state index contributed by atoms with van der Waals surface area (Å²) in [5.74, 6) is 1.18. The van der Waals surface area contributed by atoms with E-state index in [1.54, 1.807) is 19.0 Å². The van der Waals surface area contributed by atoms with Crippen molar-refractivity contribution in [2.75, 3.05) is 53.6 Å². The van der Waals surface area contributed by atoms with Gasteiger partial charge in [0, 0.05) is 39.7 Å². The zero-order valence-corrected chi connectivity index (χ0v) is 19.2. The topological polar surface area (TPSA) is 75.2 Å². The van der Waals surface area contributed by atoms with Gasteiger partial charge in [0.05, 0.1) is 19.3 Å². The second-order valence-electron chi connectivity index (χ2n) is 7.47. The minimum absolute atomic E-state index is 0. The summed E-state index contributed by atoms with van der Waals surface area (Å²) in [4.78, 5) is 17.8. The molecule has 158 valence electrons. The highest BCUT2D eigenvalue weighted by molar-refractivity contribution is 14.0. The van der Waals surface area contributed by atoms with Gasteiger partial charge in [-0.3, -0.25) is 4.79 Å². The van der Waals surface area contributed by atoms with Crippen molar-refractivity contribution in [3.63, 3.8) is 0 Å². The van der Waals surface area contributed by atoms with Gasteiger partial charge in [0.15, 0.2) is 5.96 Å². The molecule has 0 aromatic carbocycles. The molecule has 0 aromatic heterocycles. The Bertz CT molecular complexity index is 435. The summed E-state index contributed by atoms with van der Waals surface area (Å²) >= 11 is 0. The van der Waals surface area contributed by atoms with Gasteiger partial charge in [-0.05, 0) is 19.3 Å². The van der Waals surface area contributed by atoms with Gasteiger partial charge in [-0.15, -0.1) is 24.0 Å². The van der Waals surface area contributed by atoms with Gasteiger partial charge in [-0.1, -0.05) is 25.7 Å². The fourth-order valence-electron chi connectivity index (χ4n) is 3.25. The van der Waals surface area contributed by atoms with E-state index in [9.17, 15) is 4.79 Å². The van der Waals surface area contributed by atoms with Crippen molar-refractivity contribution < 1.29 is 14.3 Å². The Morgan fingerprint density at radius 3 is 2.52 bits per heavy atom. The standard InChI is InChI=1S/C19H36N4O3.HI/c1-23(2)18(24)14-22-19(21-13-16-9-11-25-15-16)20-10-12-26-17-7-5-3-4-6-8-17;/h16-17H,3-15H2,1-2H3,(H2,20,21,22);1H. The fraction of sp³-hybridized carbons (Fsp3) is 0.895. The van der Waals surface area contributed by atoms with Crippen LogP contribution in [0.1, 0.15) is 44.9 Å². The SMILES string of the molecule is CN(C)C(=O)CN=C(NCCOC1CCCCCC1)NCC1CCOC1.I. The number of halogens is 1. The average Bonchev–Trinajstić information content (AvgIpc) is 3.02. The molecule has 1 aliphatic carbocycles. The zero-order valence-electron chi connectivity index (χ0n) is 16.9. The Kier molecular flexibility index (Phi) is 13.0. The highest BCUT2D eigenvalue weighted by Gasteiger charge is 2.16. The van der Waals surface area contributed by atoms with Crippen LogP contribution < -0.4 is 10.6 Å². The van der Waals surface area contributed by atoms with Gasteiger partial charge >= 0.3 is 0 Å². The van der Waals surface area contributed by atoms with Crippen molar-refractivity contribution in [3.05, 3.63) is 0 Å². The van der Waals surface area contributed by atoms with Crippen LogP contribution >= 0.6 is 24.0 Å². The second-order valence-corrected chi connectivity index (χ2v) is 7.47. The average molecular weight is 496 g/mol. The Hall–Kier alpha value is -0.610. The molecule has 2 aliphatic rings. The number of carbonyl (C=O) groups excluding carboxylic acids is 1. The van der Waals surface area contributed by atoms with Crippen LogP contribution in [-0.2, 0) is 14.3 Å². The molecule has 1 aliphatic heterocycles. The highest BCUT2D eigenvalue weighted by atomic mass is 127. The molecule has 0 bridgehead atoms. The lowest BCUT2D eigenvalue weighted by molar-refractivity contribution is -0.127. The van der Waals surface area contributed by atoms with Gasteiger partial charge in [0.1, 0.15) is 6.54 Å². The van der Waals surface area contributed by atoms with Crippen LogP contribution in [0.15, 0.2) is 4.99 Å². The smallest absolute Gasteiger partial charge is 0.243 e. The molecule has 1 heterocycles. The molecule has 1 atom stereocenters. The van der Waals surface area contributed by atoms with Crippen LogP contribution in [0, 0.1) is 5.92 Å². The van der Waals surface area contributed by atoms with Gasteiger partial charge in [-0.2, -0.15) is 0 Å². The van der Waals surface area contributed by atoms with E-state index in [4.69, 9.17) is 9.47 Å². The van der Waals surface area contributed by atoms with E-state index in [0.717, 1.165) is 26.2 Å². The summed E-state index contributed by atoms with van der Waals surface area (Å²) < 4.78 is 11.4. The lowest BCUT2D eigenvalue weighted by Gasteiger charge is -2.18. The molecule has 2 N–H and O–H groups in total. The summed E-state index contributed by atoms with van der Waals surface area (Å²) in [6.45, 7) is 3.94.